The predicted molar refractivity (Wildman–Crippen MR) is 70.2 cm³/mol. The molecule has 0 heterocycles. The van der Waals surface area contributed by atoms with Gasteiger partial charge >= 0.3 is 0 Å². The number of benzene rings is 2. The Morgan fingerprint density at radius 1 is 1.06 bits per heavy atom. The Bertz CT molecular complexity index is 620. The molecule has 0 amide bonds. The molecule has 3 heteroatoms. The van der Waals surface area contributed by atoms with E-state index in [2.05, 4.69) is 0 Å². The van der Waals surface area contributed by atoms with Crippen molar-refractivity contribution in [1.82, 2.24) is 0 Å². The molecule has 2 nitrogen and oxygen atoms in total. The number of carbonyl (C=O) groups is 1. The quantitative estimate of drug-likeness (QED) is 0.650. The first-order valence-electron chi connectivity index (χ1n) is 5.66. The number of carbonyl (C=O) groups excluding carboxylic acids is 1. The van der Waals surface area contributed by atoms with Crippen LogP contribution in [0.3, 0.4) is 0 Å². The summed E-state index contributed by atoms with van der Waals surface area (Å²) in [6, 6.07) is 9.81. The van der Waals surface area contributed by atoms with Crippen molar-refractivity contribution < 1.29 is 9.18 Å². The van der Waals surface area contributed by atoms with Crippen LogP contribution in [-0.2, 0) is 0 Å². The minimum absolute atomic E-state index is 0.0999. The maximum absolute atomic E-state index is 13.9. The van der Waals surface area contributed by atoms with E-state index in [1.165, 1.54) is 6.07 Å². The van der Waals surface area contributed by atoms with Crippen molar-refractivity contribution in [2.75, 3.05) is 5.73 Å². The van der Waals surface area contributed by atoms with Crippen LogP contribution in [0.4, 0.5) is 10.1 Å². The average molecular weight is 243 g/mol. The molecule has 0 fully saturated rings. The summed E-state index contributed by atoms with van der Waals surface area (Å²) in [6.07, 6.45) is 0. The summed E-state index contributed by atoms with van der Waals surface area (Å²) in [5.74, 6) is -0.771. The number of hydrogen-bond acceptors (Lipinski definition) is 2. The number of halogens is 1. The molecule has 18 heavy (non-hydrogen) atoms. The van der Waals surface area contributed by atoms with Crippen LogP contribution in [0.15, 0.2) is 36.4 Å². The molecule has 92 valence electrons. The molecular weight excluding hydrogens is 229 g/mol. The van der Waals surface area contributed by atoms with Crippen LogP contribution in [0.25, 0.3) is 0 Å². The van der Waals surface area contributed by atoms with Crippen LogP contribution in [0.5, 0.6) is 0 Å². The Morgan fingerprint density at radius 3 is 2.44 bits per heavy atom. The number of hydrogen-bond donors (Lipinski definition) is 1. The average Bonchev–Trinajstić information content (AvgIpc) is 2.32. The fourth-order valence-corrected chi connectivity index (χ4v) is 1.91. The van der Waals surface area contributed by atoms with E-state index in [0.29, 0.717) is 16.8 Å². The zero-order valence-electron chi connectivity index (χ0n) is 10.3. The number of aryl methyl sites for hydroxylation is 2. The first-order valence-corrected chi connectivity index (χ1v) is 5.66. The highest BCUT2D eigenvalue weighted by atomic mass is 19.1. The van der Waals surface area contributed by atoms with Crippen LogP contribution in [0.1, 0.15) is 27.0 Å². The lowest BCUT2D eigenvalue weighted by atomic mass is 9.97. The standard InChI is InChI=1S/C15H14FNO/c1-9-4-3-5-13(14(9)16)15(18)12-7-6-11(17)8-10(12)2/h3-8H,17H2,1-2H3. The lowest BCUT2D eigenvalue weighted by molar-refractivity contribution is 0.103. The van der Waals surface area contributed by atoms with Gasteiger partial charge in [-0.05, 0) is 49.2 Å². The summed E-state index contributed by atoms with van der Waals surface area (Å²) in [5, 5.41) is 0. The van der Waals surface area contributed by atoms with Crippen LogP contribution in [-0.4, -0.2) is 5.78 Å². The Labute approximate surface area is 105 Å². The largest absolute Gasteiger partial charge is 0.399 e. The van der Waals surface area contributed by atoms with Gasteiger partial charge in [0.1, 0.15) is 5.82 Å². The van der Waals surface area contributed by atoms with Crippen molar-refractivity contribution in [3.63, 3.8) is 0 Å². The van der Waals surface area contributed by atoms with Crippen LogP contribution in [0.2, 0.25) is 0 Å². The maximum Gasteiger partial charge on any atom is 0.196 e. The molecule has 0 bridgehead atoms. The third kappa shape index (κ3) is 2.12. The van der Waals surface area contributed by atoms with Crippen molar-refractivity contribution in [2.45, 2.75) is 13.8 Å². The van der Waals surface area contributed by atoms with E-state index in [1.807, 2.05) is 0 Å². The molecule has 2 rings (SSSR count). The summed E-state index contributed by atoms with van der Waals surface area (Å²) in [7, 11) is 0. The van der Waals surface area contributed by atoms with Gasteiger partial charge in [0.15, 0.2) is 5.78 Å². The highest BCUT2D eigenvalue weighted by molar-refractivity contribution is 6.10. The van der Waals surface area contributed by atoms with E-state index < -0.39 is 5.82 Å². The van der Waals surface area contributed by atoms with Gasteiger partial charge in [0.05, 0.1) is 5.56 Å². The molecule has 2 aromatic rings. The summed E-state index contributed by atoms with van der Waals surface area (Å²) in [6.45, 7) is 3.43. The summed E-state index contributed by atoms with van der Waals surface area (Å²) in [5.41, 5.74) is 8.02. The maximum atomic E-state index is 13.9. The van der Waals surface area contributed by atoms with Crippen molar-refractivity contribution in [2.24, 2.45) is 0 Å². The van der Waals surface area contributed by atoms with Crippen molar-refractivity contribution >= 4 is 11.5 Å². The Morgan fingerprint density at radius 2 is 1.78 bits per heavy atom. The Kier molecular flexibility index (Phi) is 3.15. The number of nitrogen functional groups attached to an aromatic ring is 1. The zero-order valence-corrected chi connectivity index (χ0v) is 10.3. The van der Waals surface area contributed by atoms with Crippen LogP contribution in [0, 0.1) is 19.7 Å². The topological polar surface area (TPSA) is 43.1 Å². The third-order valence-corrected chi connectivity index (χ3v) is 2.93. The first-order chi connectivity index (χ1) is 8.50. The Balaban J connectivity index is 2.51. The van der Waals surface area contributed by atoms with Gasteiger partial charge in [0, 0.05) is 11.3 Å². The highest BCUT2D eigenvalue weighted by Gasteiger charge is 2.16. The second kappa shape index (κ2) is 4.61. The molecule has 0 unspecified atom stereocenters. The van der Waals surface area contributed by atoms with Crippen LogP contribution >= 0.6 is 0 Å². The molecular formula is C15H14FNO. The number of ketones is 1. The minimum atomic E-state index is -0.460. The third-order valence-electron chi connectivity index (χ3n) is 2.93. The predicted octanol–water partition coefficient (Wildman–Crippen LogP) is 3.26. The second-order valence-electron chi connectivity index (χ2n) is 4.34. The molecule has 2 N–H and O–H groups in total. The molecule has 0 aliphatic carbocycles. The molecule has 0 saturated heterocycles. The first kappa shape index (κ1) is 12.3. The fraction of sp³-hybridized carbons (Fsp3) is 0.133. The van der Waals surface area contributed by atoms with E-state index in [-0.39, 0.29) is 11.3 Å². The van der Waals surface area contributed by atoms with Gasteiger partial charge in [0.2, 0.25) is 0 Å². The fourth-order valence-electron chi connectivity index (χ4n) is 1.91. The lowest BCUT2D eigenvalue weighted by Gasteiger charge is -2.08. The van der Waals surface area contributed by atoms with Crippen molar-refractivity contribution in [3.8, 4) is 0 Å². The SMILES string of the molecule is Cc1cc(N)ccc1C(=O)c1cccc(C)c1F. The normalized spacial score (nSPS) is 10.4. The molecule has 0 aromatic heterocycles. The van der Waals surface area contributed by atoms with Gasteiger partial charge in [-0.3, -0.25) is 4.79 Å². The number of nitrogens with two attached hydrogens (primary N) is 1. The van der Waals surface area contributed by atoms with E-state index in [9.17, 15) is 9.18 Å². The van der Waals surface area contributed by atoms with Gasteiger partial charge in [-0.15, -0.1) is 0 Å². The van der Waals surface area contributed by atoms with Gasteiger partial charge < -0.3 is 5.73 Å². The van der Waals surface area contributed by atoms with Crippen molar-refractivity contribution in [3.05, 3.63) is 64.5 Å². The monoisotopic (exact) mass is 243 g/mol. The highest BCUT2D eigenvalue weighted by Crippen LogP contribution is 2.20. The smallest absolute Gasteiger partial charge is 0.196 e. The van der Waals surface area contributed by atoms with Gasteiger partial charge in [-0.1, -0.05) is 12.1 Å². The molecule has 0 radical (unpaired) electrons. The summed E-state index contributed by atoms with van der Waals surface area (Å²) in [4.78, 5) is 12.3. The molecule has 0 saturated carbocycles. The lowest BCUT2D eigenvalue weighted by Crippen LogP contribution is -2.07. The minimum Gasteiger partial charge on any atom is -0.399 e. The molecule has 0 aliphatic heterocycles. The van der Waals surface area contributed by atoms with Gasteiger partial charge in [-0.2, -0.15) is 0 Å². The Hall–Kier alpha value is -2.16. The number of rotatable bonds is 2. The molecule has 2 aromatic carbocycles. The summed E-state index contributed by atoms with van der Waals surface area (Å²) >= 11 is 0. The number of anilines is 1. The molecule has 0 spiro atoms. The van der Waals surface area contributed by atoms with E-state index in [4.69, 9.17) is 5.73 Å². The van der Waals surface area contributed by atoms with Gasteiger partial charge in [-0.25, -0.2) is 4.39 Å². The van der Waals surface area contributed by atoms with E-state index in [1.54, 1.807) is 44.2 Å². The molecule has 0 aliphatic rings. The van der Waals surface area contributed by atoms with Crippen LogP contribution < -0.4 is 5.73 Å². The zero-order chi connectivity index (χ0) is 13.3. The van der Waals surface area contributed by atoms with E-state index in [0.717, 1.165) is 5.56 Å². The van der Waals surface area contributed by atoms with E-state index >= 15 is 0 Å². The second-order valence-corrected chi connectivity index (χ2v) is 4.34. The molecule has 0 atom stereocenters. The summed E-state index contributed by atoms with van der Waals surface area (Å²) < 4.78 is 13.9. The van der Waals surface area contributed by atoms with Gasteiger partial charge in [0.25, 0.3) is 0 Å². The van der Waals surface area contributed by atoms with Crippen molar-refractivity contribution in [1.29, 1.82) is 0 Å².